The van der Waals surface area contributed by atoms with Crippen LogP contribution in [0.25, 0.3) is 0 Å². The van der Waals surface area contributed by atoms with E-state index in [-0.39, 0.29) is 17.7 Å². The van der Waals surface area contributed by atoms with E-state index in [2.05, 4.69) is 15.3 Å². The molecule has 0 spiro atoms. The number of hydrogen-bond acceptors (Lipinski definition) is 5. The van der Waals surface area contributed by atoms with Crippen LogP contribution in [-0.4, -0.2) is 40.4 Å². The maximum atomic E-state index is 15.0. The first-order chi connectivity index (χ1) is 15.8. The molecule has 2 fully saturated rings. The van der Waals surface area contributed by atoms with Gasteiger partial charge in [0.25, 0.3) is 0 Å². The quantitative estimate of drug-likeness (QED) is 0.528. The van der Waals surface area contributed by atoms with Crippen LogP contribution in [0.15, 0.2) is 30.6 Å². The lowest BCUT2D eigenvalue weighted by atomic mass is 9.78. The minimum absolute atomic E-state index is 0.0498. The Morgan fingerprint density at radius 2 is 1.97 bits per heavy atom. The molecule has 4 rings (SSSR count). The Kier molecular flexibility index (Phi) is 6.81. The summed E-state index contributed by atoms with van der Waals surface area (Å²) in [7, 11) is 1.53. The first-order valence-corrected chi connectivity index (χ1v) is 11.6. The Morgan fingerprint density at radius 3 is 2.61 bits per heavy atom. The topological polar surface area (TPSA) is 84.3 Å². The van der Waals surface area contributed by atoms with Gasteiger partial charge in [-0.2, -0.15) is 0 Å². The molecule has 2 aromatic rings. The molecule has 2 heterocycles. The predicted octanol–water partition coefficient (Wildman–Crippen LogP) is 5.32. The molecule has 6 nitrogen and oxygen atoms in total. The highest BCUT2D eigenvalue weighted by atomic mass is 19.1. The van der Waals surface area contributed by atoms with Gasteiger partial charge in [0.05, 0.1) is 13.3 Å². The third-order valence-corrected chi connectivity index (χ3v) is 7.17. The number of hydrogen-bond donors (Lipinski definition) is 2. The maximum absolute atomic E-state index is 15.0. The molecule has 2 N–H and O–H groups in total. The third-order valence-electron chi connectivity index (χ3n) is 7.17. The number of carbonyl (C=O) groups is 1. The van der Waals surface area contributed by atoms with Crippen molar-refractivity contribution >= 4 is 11.8 Å². The van der Waals surface area contributed by atoms with E-state index in [1.807, 2.05) is 0 Å². The van der Waals surface area contributed by atoms with Crippen molar-refractivity contribution in [3.63, 3.8) is 0 Å². The molecule has 33 heavy (non-hydrogen) atoms. The molecule has 0 saturated heterocycles. The zero-order chi connectivity index (χ0) is 23.6. The van der Waals surface area contributed by atoms with Gasteiger partial charge in [0.1, 0.15) is 11.6 Å². The fraction of sp³-hybridized carbons (Fsp3) is 0.560. The summed E-state index contributed by atoms with van der Waals surface area (Å²) in [5.74, 6) is -0.713. The monoisotopic (exact) mass is 459 g/mol. The number of halogens is 2. The number of ether oxygens (including phenoxy) is 1. The lowest BCUT2D eigenvalue weighted by Gasteiger charge is -2.29. The Labute approximate surface area is 192 Å². The number of pyridine rings is 2. The van der Waals surface area contributed by atoms with Crippen LogP contribution in [0.1, 0.15) is 68.4 Å². The number of aromatic nitrogens is 2. The van der Waals surface area contributed by atoms with Crippen molar-refractivity contribution in [2.24, 2.45) is 11.8 Å². The van der Waals surface area contributed by atoms with Crippen molar-refractivity contribution in [2.45, 2.75) is 63.0 Å². The third kappa shape index (κ3) is 5.25. The number of alkyl halides is 1. The van der Waals surface area contributed by atoms with Gasteiger partial charge in [-0.05, 0) is 86.5 Å². The molecular weight excluding hydrogens is 428 g/mol. The smallest absolute Gasteiger partial charge is 0.341 e. The van der Waals surface area contributed by atoms with E-state index in [1.54, 1.807) is 24.4 Å². The highest BCUT2D eigenvalue weighted by Crippen LogP contribution is 2.50. The lowest BCUT2D eigenvalue weighted by Crippen LogP contribution is -2.38. The van der Waals surface area contributed by atoms with Gasteiger partial charge in [-0.15, -0.1) is 0 Å². The van der Waals surface area contributed by atoms with Crippen molar-refractivity contribution in [3.05, 3.63) is 47.5 Å². The number of nitrogens with one attached hydrogen (secondary N) is 1. The standard InChI is InChI=1S/C25H31F2N3O3/c1-25(27,24(31)32)23(17-7-8-17)18-9-10-28-21(11-18)29-13-15-3-5-16(6-4-15)19-12-22(33-2)30-14-20(19)26/h9-12,14-17,23H,3-8,13H2,1-2H3,(H,28,29)(H,31,32). The number of rotatable bonds is 9. The molecule has 0 radical (unpaired) electrons. The van der Waals surface area contributed by atoms with Gasteiger partial charge in [-0.3, -0.25) is 0 Å². The molecule has 0 amide bonds. The summed E-state index contributed by atoms with van der Waals surface area (Å²) in [6.07, 6.45) is 8.19. The van der Waals surface area contributed by atoms with Crippen LogP contribution in [0, 0.1) is 17.7 Å². The van der Waals surface area contributed by atoms with E-state index in [4.69, 9.17) is 4.74 Å². The van der Waals surface area contributed by atoms with Gasteiger partial charge in [0.2, 0.25) is 11.5 Å². The molecule has 0 bridgehead atoms. The van der Waals surface area contributed by atoms with Gasteiger partial charge in [-0.25, -0.2) is 23.5 Å². The SMILES string of the molecule is COc1cc(C2CCC(CNc3cc(C(C4CC4)C(C)(F)C(=O)O)ccn3)CC2)c(F)cn1. The van der Waals surface area contributed by atoms with Gasteiger partial charge < -0.3 is 15.2 Å². The van der Waals surface area contributed by atoms with E-state index < -0.39 is 17.6 Å². The van der Waals surface area contributed by atoms with Crippen LogP contribution < -0.4 is 10.1 Å². The minimum atomic E-state index is -2.32. The fourth-order valence-electron chi connectivity index (χ4n) is 5.11. The van der Waals surface area contributed by atoms with Crippen LogP contribution in [0.2, 0.25) is 0 Å². The number of nitrogens with zero attached hydrogens (tertiary/aromatic N) is 2. The highest BCUT2D eigenvalue weighted by molar-refractivity contribution is 5.78. The molecule has 2 aliphatic rings. The maximum Gasteiger partial charge on any atom is 0.341 e. The van der Waals surface area contributed by atoms with E-state index >= 15 is 4.39 Å². The first kappa shape index (κ1) is 23.4. The van der Waals surface area contributed by atoms with Crippen LogP contribution >= 0.6 is 0 Å². The summed E-state index contributed by atoms with van der Waals surface area (Å²) in [5, 5.41) is 12.8. The molecule has 2 atom stereocenters. The largest absolute Gasteiger partial charge is 0.481 e. The summed E-state index contributed by atoms with van der Waals surface area (Å²) in [6.45, 7) is 1.87. The minimum Gasteiger partial charge on any atom is -0.481 e. The summed E-state index contributed by atoms with van der Waals surface area (Å²) in [6, 6.07) is 5.20. The second kappa shape index (κ2) is 9.61. The normalized spacial score (nSPS) is 23.4. The molecule has 2 aromatic heterocycles. The Morgan fingerprint density at radius 1 is 1.24 bits per heavy atom. The second-order valence-electron chi connectivity index (χ2n) is 9.52. The lowest BCUT2D eigenvalue weighted by molar-refractivity contribution is -0.151. The van der Waals surface area contributed by atoms with Crippen molar-refractivity contribution in [2.75, 3.05) is 19.0 Å². The molecule has 2 unspecified atom stereocenters. The average molecular weight is 460 g/mol. The molecular formula is C25H31F2N3O3. The number of anilines is 1. The number of aliphatic carboxylic acids is 1. The number of methoxy groups -OCH3 is 1. The van der Waals surface area contributed by atoms with Gasteiger partial charge in [0.15, 0.2) is 0 Å². The van der Waals surface area contributed by atoms with Gasteiger partial charge in [0, 0.05) is 24.7 Å². The van der Waals surface area contributed by atoms with Crippen molar-refractivity contribution in [1.29, 1.82) is 0 Å². The van der Waals surface area contributed by atoms with Gasteiger partial charge >= 0.3 is 5.97 Å². The van der Waals surface area contributed by atoms with Crippen LogP contribution in [0.3, 0.4) is 0 Å². The van der Waals surface area contributed by atoms with E-state index in [1.165, 1.54) is 13.3 Å². The zero-order valence-electron chi connectivity index (χ0n) is 19.1. The molecule has 2 saturated carbocycles. The Hall–Kier alpha value is -2.77. The summed E-state index contributed by atoms with van der Waals surface area (Å²) < 4.78 is 34.4. The first-order valence-electron chi connectivity index (χ1n) is 11.6. The zero-order valence-corrected chi connectivity index (χ0v) is 19.1. The van der Waals surface area contributed by atoms with Crippen LogP contribution in [-0.2, 0) is 4.79 Å². The van der Waals surface area contributed by atoms with E-state index in [0.29, 0.717) is 35.3 Å². The van der Waals surface area contributed by atoms with Crippen LogP contribution in [0.5, 0.6) is 5.88 Å². The predicted molar refractivity (Wildman–Crippen MR) is 121 cm³/mol. The Balaban J connectivity index is 1.36. The summed E-state index contributed by atoms with van der Waals surface area (Å²) in [4.78, 5) is 19.8. The molecule has 0 aliphatic heterocycles. The van der Waals surface area contributed by atoms with Crippen molar-refractivity contribution < 1.29 is 23.4 Å². The fourth-order valence-corrected chi connectivity index (χ4v) is 5.11. The van der Waals surface area contributed by atoms with E-state index in [9.17, 15) is 14.3 Å². The molecule has 2 aliphatic carbocycles. The molecule has 0 aromatic carbocycles. The average Bonchev–Trinajstić information content (AvgIpc) is 3.63. The molecule has 8 heteroatoms. The van der Waals surface area contributed by atoms with E-state index in [0.717, 1.165) is 45.4 Å². The van der Waals surface area contributed by atoms with Crippen LogP contribution in [0.4, 0.5) is 14.6 Å². The van der Waals surface area contributed by atoms with Gasteiger partial charge in [-0.1, -0.05) is 0 Å². The van der Waals surface area contributed by atoms with Crippen molar-refractivity contribution in [3.8, 4) is 5.88 Å². The molecule has 178 valence electrons. The Bertz CT molecular complexity index is 989. The summed E-state index contributed by atoms with van der Waals surface area (Å²) >= 11 is 0. The number of carboxylic acids is 1. The van der Waals surface area contributed by atoms with Crippen molar-refractivity contribution in [1.82, 2.24) is 9.97 Å². The second-order valence-corrected chi connectivity index (χ2v) is 9.52. The highest BCUT2D eigenvalue weighted by Gasteiger charge is 2.50. The summed E-state index contributed by atoms with van der Waals surface area (Å²) in [5.41, 5.74) is -0.974. The number of carboxylic acid groups (broad SMARTS) is 1.